The minimum atomic E-state index is -1.69. The molecule has 2 nitrogen and oxygen atoms in total. The lowest BCUT2D eigenvalue weighted by Crippen LogP contribution is -2.27. The molecule has 0 aromatic heterocycles. The maximum atomic E-state index is 13.7. The van der Waals surface area contributed by atoms with Crippen LogP contribution in [0.2, 0.25) is 0 Å². The number of rotatable bonds is 6. The molecule has 0 aliphatic heterocycles. The monoisotopic (exact) mass is 343 g/mol. The van der Waals surface area contributed by atoms with E-state index in [0.717, 1.165) is 25.3 Å². The molecule has 0 aliphatic rings. The van der Waals surface area contributed by atoms with E-state index in [1.807, 2.05) is 20.8 Å². The minimum Gasteiger partial charge on any atom is -0.348 e. The van der Waals surface area contributed by atoms with Crippen LogP contribution in [0.4, 0.5) is 17.6 Å². The van der Waals surface area contributed by atoms with Crippen LogP contribution in [0.1, 0.15) is 49.5 Å². The van der Waals surface area contributed by atoms with Crippen molar-refractivity contribution in [1.29, 1.82) is 0 Å². The first kappa shape index (κ1) is 19.9. The Labute approximate surface area is 139 Å². The number of benzene rings is 1. The topological polar surface area (TPSA) is 29.1 Å². The predicted octanol–water partition coefficient (Wildman–Crippen LogP) is 4.97. The maximum absolute atomic E-state index is 13.7. The Morgan fingerprint density at radius 2 is 1.50 bits per heavy atom. The van der Waals surface area contributed by atoms with E-state index < -0.39 is 40.3 Å². The number of carbonyl (C=O) groups excluding carboxylic acids is 1. The molecular weight excluding hydrogens is 322 g/mol. The second kappa shape index (κ2) is 8.66. The number of hydrogen-bond donors (Lipinski definition) is 1. The molecule has 0 fully saturated rings. The summed E-state index contributed by atoms with van der Waals surface area (Å²) in [5.41, 5.74) is 0.142. The van der Waals surface area contributed by atoms with Crippen molar-refractivity contribution in [3.63, 3.8) is 0 Å². The summed E-state index contributed by atoms with van der Waals surface area (Å²) in [6, 6.07) is 0. The lowest BCUT2D eigenvalue weighted by molar-refractivity contribution is 0.0947. The number of allylic oxidation sites excluding steroid dienone is 3. The van der Waals surface area contributed by atoms with Crippen LogP contribution < -0.4 is 5.32 Å². The zero-order valence-corrected chi connectivity index (χ0v) is 14.2. The molecule has 1 rings (SSSR count). The molecule has 0 saturated heterocycles. The highest BCUT2D eigenvalue weighted by Gasteiger charge is 2.27. The van der Waals surface area contributed by atoms with E-state index in [1.165, 1.54) is 5.57 Å². The summed E-state index contributed by atoms with van der Waals surface area (Å²) >= 11 is 0. The molecule has 1 aromatic carbocycles. The summed E-state index contributed by atoms with van der Waals surface area (Å²) in [7, 11) is 0. The van der Waals surface area contributed by atoms with Gasteiger partial charge in [0.05, 0.1) is 0 Å². The standard InChI is InChI=1S/C18H21F4NO/c1-10(2)6-5-7-11(3)8-9-23-18(24)13-16(21)14(19)12(4)15(20)17(13)22/h6,8H,5,7,9H2,1-4H3,(H,23,24)/b11-8+. The molecule has 0 bridgehead atoms. The van der Waals surface area contributed by atoms with Gasteiger partial charge in [-0.1, -0.05) is 23.3 Å². The fraction of sp³-hybridized carbons (Fsp3) is 0.389. The fourth-order valence-corrected chi connectivity index (χ4v) is 2.04. The Morgan fingerprint density at radius 1 is 0.958 bits per heavy atom. The zero-order valence-electron chi connectivity index (χ0n) is 14.2. The third-order valence-electron chi connectivity index (χ3n) is 3.51. The largest absolute Gasteiger partial charge is 0.348 e. The second-order valence-corrected chi connectivity index (χ2v) is 5.84. The molecule has 0 atom stereocenters. The van der Waals surface area contributed by atoms with Gasteiger partial charge < -0.3 is 5.32 Å². The van der Waals surface area contributed by atoms with Crippen LogP contribution in [0.3, 0.4) is 0 Å². The molecule has 0 saturated carbocycles. The summed E-state index contributed by atoms with van der Waals surface area (Å²) in [6.45, 7) is 6.74. The Morgan fingerprint density at radius 3 is 2.00 bits per heavy atom. The molecule has 0 radical (unpaired) electrons. The Kier molecular flexibility index (Phi) is 7.19. The molecule has 0 heterocycles. The van der Waals surface area contributed by atoms with Crippen molar-refractivity contribution in [3.05, 3.63) is 57.7 Å². The van der Waals surface area contributed by atoms with Crippen LogP contribution in [0, 0.1) is 30.2 Å². The van der Waals surface area contributed by atoms with Crippen LogP contribution in [0.15, 0.2) is 23.3 Å². The van der Waals surface area contributed by atoms with Gasteiger partial charge in [0.2, 0.25) is 0 Å². The summed E-state index contributed by atoms with van der Waals surface area (Å²) < 4.78 is 54.4. The Balaban J connectivity index is 2.78. The van der Waals surface area contributed by atoms with Gasteiger partial charge in [-0.15, -0.1) is 0 Å². The normalized spacial score (nSPS) is 11.4. The summed E-state index contributed by atoms with van der Waals surface area (Å²) in [5.74, 6) is -7.70. The van der Waals surface area contributed by atoms with Gasteiger partial charge >= 0.3 is 0 Å². The summed E-state index contributed by atoms with van der Waals surface area (Å²) in [5, 5.41) is 2.24. The van der Waals surface area contributed by atoms with E-state index in [-0.39, 0.29) is 6.54 Å². The lowest BCUT2D eigenvalue weighted by atomic mass is 10.1. The maximum Gasteiger partial charge on any atom is 0.257 e. The van der Waals surface area contributed by atoms with E-state index >= 15 is 0 Å². The number of amides is 1. The first-order valence-corrected chi connectivity index (χ1v) is 7.56. The molecule has 1 amide bonds. The number of halogens is 4. The van der Waals surface area contributed by atoms with Gasteiger partial charge in [0.1, 0.15) is 5.56 Å². The molecule has 0 aliphatic carbocycles. The smallest absolute Gasteiger partial charge is 0.257 e. The molecule has 24 heavy (non-hydrogen) atoms. The van der Waals surface area contributed by atoms with Gasteiger partial charge in [0.15, 0.2) is 23.3 Å². The summed E-state index contributed by atoms with van der Waals surface area (Å²) in [6.07, 6.45) is 5.37. The predicted molar refractivity (Wildman–Crippen MR) is 85.8 cm³/mol. The van der Waals surface area contributed by atoms with E-state index in [4.69, 9.17) is 0 Å². The van der Waals surface area contributed by atoms with Crippen molar-refractivity contribution < 1.29 is 22.4 Å². The third kappa shape index (κ3) is 4.94. The second-order valence-electron chi connectivity index (χ2n) is 5.84. The quantitative estimate of drug-likeness (QED) is 0.441. The molecular formula is C18H21F4NO. The highest BCUT2D eigenvalue weighted by molar-refractivity contribution is 5.95. The van der Waals surface area contributed by atoms with Crippen molar-refractivity contribution in [2.75, 3.05) is 6.54 Å². The molecule has 0 unspecified atom stereocenters. The molecule has 1 aromatic rings. The van der Waals surface area contributed by atoms with Gasteiger partial charge in [-0.05, 0) is 40.5 Å². The van der Waals surface area contributed by atoms with Crippen LogP contribution in [-0.4, -0.2) is 12.5 Å². The first-order valence-electron chi connectivity index (χ1n) is 7.56. The van der Waals surface area contributed by atoms with Gasteiger partial charge in [0, 0.05) is 12.1 Å². The average Bonchev–Trinajstić information content (AvgIpc) is 2.51. The Bertz CT molecular complexity index is 660. The third-order valence-corrected chi connectivity index (χ3v) is 3.51. The summed E-state index contributed by atoms with van der Waals surface area (Å²) in [4.78, 5) is 11.8. The minimum absolute atomic E-state index is 0.00941. The Hall–Kier alpha value is -2.11. The molecule has 132 valence electrons. The first-order chi connectivity index (χ1) is 11.2. The highest BCUT2D eigenvalue weighted by atomic mass is 19.2. The van der Waals surface area contributed by atoms with Gasteiger partial charge in [-0.3, -0.25) is 4.79 Å². The molecule has 6 heteroatoms. The SMILES string of the molecule is CC(C)=CCC/C(C)=C/CNC(=O)c1c(F)c(F)c(C)c(F)c1F. The van der Waals surface area contributed by atoms with E-state index in [2.05, 4.69) is 11.4 Å². The molecule has 0 spiro atoms. The number of carbonyl (C=O) groups is 1. The molecule has 1 N–H and O–H groups in total. The highest BCUT2D eigenvalue weighted by Crippen LogP contribution is 2.23. The van der Waals surface area contributed by atoms with Gasteiger partial charge in [0.25, 0.3) is 5.91 Å². The average molecular weight is 343 g/mol. The van der Waals surface area contributed by atoms with Gasteiger partial charge in [-0.2, -0.15) is 0 Å². The van der Waals surface area contributed by atoms with Crippen LogP contribution in [0.25, 0.3) is 0 Å². The zero-order chi connectivity index (χ0) is 18.4. The van der Waals surface area contributed by atoms with Crippen molar-refractivity contribution in [1.82, 2.24) is 5.32 Å². The van der Waals surface area contributed by atoms with Crippen LogP contribution in [0.5, 0.6) is 0 Å². The van der Waals surface area contributed by atoms with Crippen molar-refractivity contribution in [3.8, 4) is 0 Å². The van der Waals surface area contributed by atoms with E-state index in [0.29, 0.717) is 0 Å². The van der Waals surface area contributed by atoms with Crippen molar-refractivity contribution in [2.45, 2.75) is 40.5 Å². The number of hydrogen-bond acceptors (Lipinski definition) is 1. The van der Waals surface area contributed by atoms with Crippen LogP contribution in [-0.2, 0) is 0 Å². The number of nitrogens with one attached hydrogen (secondary N) is 1. The van der Waals surface area contributed by atoms with Gasteiger partial charge in [-0.25, -0.2) is 17.6 Å². The lowest BCUT2D eigenvalue weighted by Gasteiger charge is -2.09. The fourth-order valence-electron chi connectivity index (χ4n) is 2.04. The van der Waals surface area contributed by atoms with E-state index in [1.54, 1.807) is 6.08 Å². The van der Waals surface area contributed by atoms with Crippen molar-refractivity contribution >= 4 is 5.91 Å². The van der Waals surface area contributed by atoms with Crippen LogP contribution >= 0.6 is 0 Å². The van der Waals surface area contributed by atoms with Crippen molar-refractivity contribution in [2.24, 2.45) is 0 Å². The van der Waals surface area contributed by atoms with E-state index in [9.17, 15) is 22.4 Å².